The Morgan fingerprint density at radius 2 is 2.17 bits per heavy atom. The summed E-state index contributed by atoms with van der Waals surface area (Å²) in [6, 6.07) is 2.46. The maximum atomic E-state index is 12.7. The monoisotopic (exact) mass is 252 g/mol. The van der Waals surface area contributed by atoms with E-state index in [9.17, 15) is 14.0 Å². The zero-order chi connectivity index (χ0) is 13.3. The molecule has 0 bridgehead atoms. The summed E-state index contributed by atoms with van der Waals surface area (Å²) in [6.07, 6.45) is 0.974. The maximum absolute atomic E-state index is 12.7. The van der Waals surface area contributed by atoms with Crippen molar-refractivity contribution >= 4 is 11.9 Å². The summed E-state index contributed by atoms with van der Waals surface area (Å²) in [5.74, 6) is -2.40. The Balaban J connectivity index is 2.12. The molecule has 0 spiro atoms. The highest BCUT2D eigenvalue weighted by molar-refractivity contribution is 5.93. The standard InChI is InChI=1S/C12H13FN2O3/c1-7-5-15(6-9(7)12(17)18)11(16)10-3-2-8(13)4-14-10/h2-4,7,9H,5-6H2,1H3,(H,17,18)/t7-,9-/m1/s1. The second kappa shape index (κ2) is 4.72. The fourth-order valence-electron chi connectivity index (χ4n) is 2.12. The lowest BCUT2D eigenvalue weighted by Crippen LogP contribution is -2.30. The van der Waals surface area contributed by atoms with E-state index in [1.54, 1.807) is 6.92 Å². The van der Waals surface area contributed by atoms with Gasteiger partial charge in [-0.1, -0.05) is 6.92 Å². The Bertz CT molecular complexity index is 475. The molecule has 0 radical (unpaired) electrons. The fourth-order valence-corrected chi connectivity index (χ4v) is 2.12. The molecule has 0 aliphatic carbocycles. The van der Waals surface area contributed by atoms with Crippen LogP contribution in [0.2, 0.25) is 0 Å². The van der Waals surface area contributed by atoms with E-state index in [2.05, 4.69) is 4.98 Å². The first-order chi connectivity index (χ1) is 8.49. The van der Waals surface area contributed by atoms with Crippen molar-refractivity contribution in [2.75, 3.05) is 13.1 Å². The summed E-state index contributed by atoms with van der Waals surface area (Å²) in [7, 11) is 0. The average molecular weight is 252 g/mol. The number of carboxylic acids is 1. The van der Waals surface area contributed by atoms with Gasteiger partial charge in [0.1, 0.15) is 11.5 Å². The quantitative estimate of drug-likeness (QED) is 0.852. The Morgan fingerprint density at radius 1 is 1.44 bits per heavy atom. The van der Waals surface area contributed by atoms with Crippen molar-refractivity contribution in [2.45, 2.75) is 6.92 Å². The summed E-state index contributed by atoms with van der Waals surface area (Å²) in [4.78, 5) is 28.1. The SMILES string of the molecule is C[C@@H]1CN(C(=O)c2ccc(F)cn2)C[C@H]1C(=O)O. The number of halogens is 1. The number of likely N-dealkylation sites (tertiary alicyclic amines) is 1. The first-order valence-electron chi connectivity index (χ1n) is 5.62. The summed E-state index contributed by atoms with van der Waals surface area (Å²) >= 11 is 0. The van der Waals surface area contributed by atoms with E-state index in [-0.39, 0.29) is 24.1 Å². The van der Waals surface area contributed by atoms with Crippen LogP contribution in [0, 0.1) is 17.7 Å². The number of aromatic nitrogens is 1. The van der Waals surface area contributed by atoms with E-state index in [0.29, 0.717) is 6.54 Å². The van der Waals surface area contributed by atoms with Crippen molar-refractivity contribution in [1.82, 2.24) is 9.88 Å². The number of hydrogen-bond acceptors (Lipinski definition) is 3. The Hall–Kier alpha value is -1.98. The average Bonchev–Trinajstić information content (AvgIpc) is 2.71. The van der Waals surface area contributed by atoms with Crippen molar-refractivity contribution in [2.24, 2.45) is 11.8 Å². The maximum Gasteiger partial charge on any atom is 0.308 e. The van der Waals surface area contributed by atoms with Crippen molar-refractivity contribution < 1.29 is 19.1 Å². The Labute approximate surface area is 103 Å². The minimum Gasteiger partial charge on any atom is -0.481 e. The lowest BCUT2D eigenvalue weighted by Gasteiger charge is -2.14. The van der Waals surface area contributed by atoms with E-state index in [0.717, 1.165) is 12.3 Å². The van der Waals surface area contributed by atoms with E-state index < -0.39 is 17.7 Å². The largest absolute Gasteiger partial charge is 0.481 e. The van der Waals surface area contributed by atoms with Gasteiger partial charge in [0.25, 0.3) is 5.91 Å². The molecule has 0 unspecified atom stereocenters. The number of aliphatic carboxylic acids is 1. The molecule has 18 heavy (non-hydrogen) atoms. The second-order valence-corrected chi connectivity index (χ2v) is 4.49. The molecule has 5 nitrogen and oxygen atoms in total. The lowest BCUT2D eigenvalue weighted by atomic mass is 9.99. The molecule has 1 aromatic rings. The van der Waals surface area contributed by atoms with Crippen LogP contribution in [0.3, 0.4) is 0 Å². The zero-order valence-electron chi connectivity index (χ0n) is 9.84. The van der Waals surface area contributed by atoms with Gasteiger partial charge in [0, 0.05) is 13.1 Å². The molecule has 1 aromatic heterocycles. The molecular weight excluding hydrogens is 239 g/mol. The number of nitrogens with zero attached hydrogens (tertiary/aromatic N) is 2. The molecule has 1 N–H and O–H groups in total. The van der Waals surface area contributed by atoms with Gasteiger partial charge in [0.15, 0.2) is 0 Å². The van der Waals surface area contributed by atoms with Crippen molar-refractivity contribution in [3.63, 3.8) is 0 Å². The van der Waals surface area contributed by atoms with E-state index in [1.807, 2.05) is 0 Å². The third-order valence-electron chi connectivity index (χ3n) is 3.16. The van der Waals surface area contributed by atoms with Crippen LogP contribution in [0.4, 0.5) is 4.39 Å². The first kappa shape index (κ1) is 12.5. The molecule has 1 saturated heterocycles. The third-order valence-corrected chi connectivity index (χ3v) is 3.16. The van der Waals surface area contributed by atoms with Gasteiger partial charge in [-0.2, -0.15) is 0 Å². The number of carbonyl (C=O) groups is 2. The Morgan fingerprint density at radius 3 is 2.67 bits per heavy atom. The molecule has 6 heteroatoms. The highest BCUT2D eigenvalue weighted by Crippen LogP contribution is 2.24. The number of rotatable bonds is 2. The molecular formula is C12H13FN2O3. The van der Waals surface area contributed by atoms with Crippen LogP contribution in [0.1, 0.15) is 17.4 Å². The normalized spacial score (nSPS) is 23.1. The molecule has 2 heterocycles. The highest BCUT2D eigenvalue weighted by Gasteiger charge is 2.37. The topological polar surface area (TPSA) is 70.5 Å². The van der Waals surface area contributed by atoms with Gasteiger partial charge in [-0.25, -0.2) is 9.37 Å². The molecule has 1 fully saturated rings. The van der Waals surface area contributed by atoms with E-state index >= 15 is 0 Å². The minimum absolute atomic E-state index is 0.0908. The molecule has 1 aliphatic rings. The lowest BCUT2D eigenvalue weighted by molar-refractivity contribution is -0.142. The molecule has 1 amide bonds. The van der Waals surface area contributed by atoms with Crippen molar-refractivity contribution in [1.29, 1.82) is 0 Å². The van der Waals surface area contributed by atoms with Gasteiger partial charge in [0.2, 0.25) is 0 Å². The summed E-state index contributed by atoms with van der Waals surface area (Å²) < 4.78 is 12.7. The van der Waals surface area contributed by atoms with Gasteiger partial charge < -0.3 is 10.0 Å². The number of hydrogen-bond donors (Lipinski definition) is 1. The zero-order valence-corrected chi connectivity index (χ0v) is 9.84. The van der Waals surface area contributed by atoms with E-state index in [1.165, 1.54) is 11.0 Å². The Kier molecular flexibility index (Phi) is 3.27. The predicted molar refractivity (Wildman–Crippen MR) is 60.4 cm³/mol. The smallest absolute Gasteiger partial charge is 0.308 e. The predicted octanol–water partition coefficient (Wildman–Crippen LogP) is 1.01. The van der Waals surface area contributed by atoms with Gasteiger partial charge in [-0.3, -0.25) is 9.59 Å². The van der Waals surface area contributed by atoms with Crippen molar-refractivity contribution in [3.8, 4) is 0 Å². The minimum atomic E-state index is -0.898. The van der Waals surface area contributed by atoms with Crippen LogP contribution in [0.5, 0.6) is 0 Å². The summed E-state index contributed by atoms with van der Waals surface area (Å²) in [5.41, 5.74) is 0.134. The van der Waals surface area contributed by atoms with Crippen LogP contribution in [0.25, 0.3) is 0 Å². The number of carbonyl (C=O) groups excluding carboxylic acids is 1. The molecule has 1 aliphatic heterocycles. The van der Waals surface area contributed by atoms with Crippen LogP contribution in [0.15, 0.2) is 18.3 Å². The summed E-state index contributed by atoms with van der Waals surface area (Å²) in [5, 5.41) is 8.99. The second-order valence-electron chi connectivity index (χ2n) is 4.49. The number of pyridine rings is 1. The molecule has 2 rings (SSSR count). The van der Waals surface area contributed by atoms with Crippen molar-refractivity contribution in [3.05, 3.63) is 29.8 Å². The molecule has 2 atom stereocenters. The highest BCUT2D eigenvalue weighted by atomic mass is 19.1. The molecule has 0 saturated carbocycles. The van der Waals surface area contributed by atoms with Crippen LogP contribution in [-0.4, -0.2) is 40.0 Å². The van der Waals surface area contributed by atoms with Gasteiger partial charge in [-0.05, 0) is 18.1 Å². The van der Waals surface area contributed by atoms with Crippen LogP contribution >= 0.6 is 0 Å². The fraction of sp³-hybridized carbons (Fsp3) is 0.417. The van der Waals surface area contributed by atoms with E-state index in [4.69, 9.17) is 5.11 Å². The van der Waals surface area contributed by atoms with Gasteiger partial charge in [0.05, 0.1) is 12.1 Å². The van der Waals surface area contributed by atoms with Crippen LogP contribution < -0.4 is 0 Å². The van der Waals surface area contributed by atoms with Crippen LogP contribution in [-0.2, 0) is 4.79 Å². The first-order valence-corrected chi connectivity index (χ1v) is 5.62. The van der Waals surface area contributed by atoms with Gasteiger partial charge >= 0.3 is 5.97 Å². The number of carboxylic acid groups (broad SMARTS) is 1. The summed E-state index contributed by atoms with van der Waals surface area (Å²) in [6.45, 7) is 2.35. The molecule has 96 valence electrons. The van der Waals surface area contributed by atoms with Gasteiger partial charge in [-0.15, -0.1) is 0 Å². The molecule has 0 aromatic carbocycles. The third kappa shape index (κ3) is 2.32. The number of amides is 1.